The Kier molecular flexibility index (Phi) is 4.56. The number of carboxylic acid groups (broad SMARTS) is 1. The van der Waals surface area contributed by atoms with Crippen LogP contribution in [0.15, 0.2) is 24.3 Å². The zero-order chi connectivity index (χ0) is 12.0. The minimum Gasteiger partial charge on any atom is -0.481 e. The Bertz CT molecular complexity index is 389. The number of benzene rings is 1. The molecule has 0 saturated heterocycles. The fourth-order valence-electron chi connectivity index (χ4n) is 1.35. The third kappa shape index (κ3) is 3.41. The summed E-state index contributed by atoms with van der Waals surface area (Å²) in [6, 6.07) is 7.51. The first-order chi connectivity index (χ1) is 7.65. The fourth-order valence-corrected chi connectivity index (χ4v) is 1.35. The number of nitrogens with one attached hydrogen (secondary N) is 1. The second-order valence-electron chi connectivity index (χ2n) is 3.61. The van der Waals surface area contributed by atoms with Crippen molar-refractivity contribution in [3.05, 3.63) is 35.4 Å². The van der Waals surface area contributed by atoms with Crippen LogP contribution in [0.4, 0.5) is 0 Å². The van der Waals surface area contributed by atoms with E-state index < -0.39 is 11.9 Å². The van der Waals surface area contributed by atoms with Crippen molar-refractivity contribution in [3.63, 3.8) is 0 Å². The molecule has 84 valence electrons. The van der Waals surface area contributed by atoms with Gasteiger partial charge < -0.3 is 10.4 Å². The number of aliphatic carboxylic acids is 1. The predicted octanol–water partition coefficient (Wildman–Crippen LogP) is 1.60. The summed E-state index contributed by atoms with van der Waals surface area (Å²) in [5.74, 6) is 1.22. The highest BCUT2D eigenvalue weighted by Crippen LogP contribution is 2.15. The van der Waals surface area contributed by atoms with Gasteiger partial charge >= 0.3 is 5.97 Å². The molecule has 1 unspecified atom stereocenters. The minimum atomic E-state index is -0.807. The van der Waals surface area contributed by atoms with Crippen LogP contribution in [0, 0.1) is 12.3 Å². The van der Waals surface area contributed by atoms with Crippen LogP contribution in [0.3, 0.4) is 0 Å². The molecule has 0 aliphatic heterocycles. The molecule has 3 nitrogen and oxygen atoms in total. The lowest BCUT2D eigenvalue weighted by atomic mass is 10.0. The van der Waals surface area contributed by atoms with Crippen LogP contribution in [-0.2, 0) is 11.3 Å². The molecule has 0 aliphatic rings. The lowest BCUT2D eigenvalue weighted by Crippen LogP contribution is -2.13. The van der Waals surface area contributed by atoms with E-state index in [0.29, 0.717) is 13.1 Å². The Morgan fingerprint density at radius 2 is 2.12 bits per heavy atom. The zero-order valence-electron chi connectivity index (χ0n) is 9.23. The Balaban J connectivity index is 2.61. The van der Waals surface area contributed by atoms with Crippen molar-refractivity contribution in [2.45, 2.75) is 19.4 Å². The Morgan fingerprint density at radius 3 is 2.62 bits per heavy atom. The Labute approximate surface area is 95.5 Å². The number of rotatable bonds is 5. The van der Waals surface area contributed by atoms with Gasteiger partial charge in [-0.15, -0.1) is 6.42 Å². The van der Waals surface area contributed by atoms with E-state index in [-0.39, 0.29) is 0 Å². The molecule has 0 heterocycles. The van der Waals surface area contributed by atoms with Crippen molar-refractivity contribution >= 4 is 5.97 Å². The molecule has 1 aromatic rings. The van der Waals surface area contributed by atoms with Gasteiger partial charge in [-0.1, -0.05) is 30.2 Å². The van der Waals surface area contributed by atoms with E-state index in [1.807, 2.05) is 24.3 Å². The third-order valence-corrected chi connectivity index (χ3v) is 2.41. The molecule has 0 radical (unpaired) electrons. The van der Waals surface area contributed by atoms with E-state index in [9.17, 15) is 4.79 Å². The minimum absolute atomic E-state index is 0.465. The second-order valence-corrected chi connectivity index (χ2v) is 3.61. The van der Waals surface area contributed by atoms with Gasteiger partial charge in [0.15, 0.2) is 0 Å². The number of carbonyl (C=O) groups is 1. The van der Waals surface area contributed by atoms with Crippen molar-refractivity contribution in [1.82, 2.24) is 5.32 Å². The summed E-state index contributed by atoms with van der Waals surface area (Å²) >= 11 is 0. The summed E-state index contributed by atoms with van der Waals surface area (Å²) < 4.78 is 0. The van der Waals surface area contributed by atoms with Gasteiger partial charge in [-0.05, 0) is 18.1 Å². The number of hydrogen-bond acceptors (Lipinski definition) is 2. The van der Waals surface area contributed by atoms with E-state index in [2.05, 4.69) is 11.2 Å². The molecule has 1 atom stereocenters. The standard InChI is InChI=1S/C13H15NO2/c1-3-8-14-9-11-4-6-12(7-5-11)10(2)13(15)16/h1,4-7,10,14H,8-9H2,2H3,(H,15,16). The maximum atomic E-state index is 10.8. The molecule has 0 spiro atoms. The lowest BCUT2D eigenvalue weighted by Gasteiger charge is -2.07. The molecule has 16 heavy (non-hydrogen) atoms. The first kappa shape index (κ1) is 12.3. The molecule has 0 amide bonds. The molecule has 2 N–H and O–H groups in total. The molecule has 3 heteroatoms. The van der Waals surface area contributed by atoms with Gasteiger partial charge in [-0.25, -0.2) is 0 Å². The normalized spacial score (nSPS) is 11.8. The highest BCUT2D eigenvalue weighted by Gasteiger charge is 2.12. The predicted molar refractivity (Wildman–Crippen MR) is 63.0 cm³/mol. The van der Waals surface area contributed by atoms with E-state index >= 15 is 0 Å². The van der Waals surface area contributed by atoms with Crippen molar-refractivity contribution < 1.29 is 9.90 Å². The molecular weight excluding hydrogens is 202 g/mol. The summed E-state index contributed by atoms with van der Waals surface area (Å²) in [6.45, 7) is 2.91. The summed E-state index contributed by atoms with van der Waals surface area (Å²) in [5, 5.41) is 11.9. The van der Waals surface area contributed by atoms with Gasteiger partial charge in [0.05, 0.1) is 12.5 Å². The van der Waals surface area contributed by atoms with Crippen molar-refractivity contribution in [2.24, 2.45) is 0 Å². The van der Waals surface area contributed by atoms with Gasteiger partial charge in [0.2, 0.25) is 0 Å². The molecule has 0 fully saturated rings. The second kappa shape index (κ2) is 5.94. The maximum Gasteiger partial charge on any atom is 0.310 e. The fraction of sp³-hybridized carbons (Fsp3) is 0.308. The van der Waals surface area contributed by atoms with E-state index in [0.717, 1.165) is 11.1 Å². The number of hydrogen-bond donors (Lipinski definition) is 2. The molecule has 0 aliphatic carbocycles. The SMILES string of the molecule is C#CCNCc1ccc(C(C)C(=O)O)cc1. The summed E-state index contributed by atoms with van der Waals surface area (Å²) in [5.41, 5.74) is 1.91. The van der Waals surface area contributed by atoms with Crippen LogP contribution in [0.1, 0.15) is 24.0 Å². The highest BCUT2D eigenvalue weighted by molar-refractivity contribution is 5.75. The topological polar surface area (TPSA) is 49.3 Å². The smallest absolute Gasteiger partial charge is 0.310 e. The molecule has 1 aromatic carbocycles. The lowest BCUT2D eigenvalue weighted by molar-refractivity contribution is -0.138. The average Bonchev–Trinajstić information content (AvgIpc) is 2.29. The van der Waals surface area contributed by atoms with Crippen LogP contribution in [0.25, 0.3) is 0 Å². The van der Waals surface area contributed by atoms with Crippen molar-refractivity contribution in [1.29, 1.82) is 0 Å². The van der Waals surface area contributed by atoms with Gasteiger partial charge in [0, 0.05) is 6.54 Å². The van der Waals surface area contributed by atoms with E-state index in [1.165, 1.54) is 0 Å². The first-order valence-corrected chi connectivity index (χ1v) is 5.11. The first-order valence-electron chi connectivity index (χ1n) is 5.11. The maximum absolute atomic E-state index is 10.8. The highest BCUT2D eigenvalue weighted by atomic mass is 16.4. The summed E-state index contributed by atoms with van der Waals surface area (Å²) in [4.78, 5) is 10.8. The zero-order valence-corrected chi connectivity index (χ0v) is 9.23. The van der Waals surface area contributed by atoms with Gasteiger partial charge in [0.1, 0.15) is 0 Å². The largest absolute Gasteiger partial charge is 0.481 e. The van der Waals surface area contributed by atoms with Crippen LogP contribution in [0.5, 0.6) is 0 Å². The molecule has 0 aromatic heterocycles. The summed E-state index contributed by atoms with van der Waals surface area (Å²) in [6.07, 6.45) is 5.11. The number of carboxylic acids is 1. The van der Waals surface area contributed by atoms with Crippen LogP contribution >= 0.6 is 0 Å². The van der Waals surface area contributed by atoms with Gasteiger partial charge in [-0.3, -0.25) is 4.79 Å². The van der Waals surface area contributed by atoms with Crippen LogP contribution < -0.4 is 5.32 Å². The monoisotopic (exact) mass is 217 g/mol. The van der Waals surface area contributed by atoms with Crippen molar-refractivity contribution in [3.8, 4) is 12.3 Å². The van der Waals surface area contributed by atoms with Crippen LogP contribution in [-0.4, -0.2) is 17.6 Å². The molecule has 0 bridgehead atoms. The third-order valence-electron chi connectivity index (χ3n) is 2.41. The van der Waals surface area contributed by atoms with E-state index in [1.54, 1.807) is 6.92 Å². The molecule has 0 saturated carbocycles. The molecular formula is C13H15NO2. The van der Waals surface area contributed by atoms with Gasteiger partial charge in [0.25, 0.3) is 0 Å². The van der Waals surface area contributed by atoms with Crippen molar-refractivity contribution in [2.75, 3.05) is 6.54 Å². The Morgan fingerprint density at radius 1 is 1.50 bits per heavy atom. The van der Waals surface area contributed by atoms with E-state index in [4.69, 9.17) is 11.5 Å². The van der Waals surface area contributed by atoms with Crippen LogP contribution in [0.2, 0.25) is 0 Å². The summed E-state index contributed by atoms with van der Waals surface area (Å²) in [7, 11) is 0. The number of terminal acetylenes is 1. The van der Waals surface area contributed by atoms with Gasteiger partial charge in [-0.2, -0.15) is 0 Å². The quantitative estimate of drug-likeness (QED) is 0.581. The molecule has 1 rings (SSSR count). The average molecular weight is 217 g/mol. The Hall–Kier alpha value is -1.79.